The number of rotatable bonds is 4. The number of aromatic nitrogens is 3. The molecule has 3 heterocycles. The lowest BCUT2D eigenvalue weighted by molar-refractivity contribution is 0.0988. The SMILES string of the molecule is CC(C)n1nccc1[C@H]1OCC[C@@H]1Nc1ccc(C#N)cn1. The lowest BCUT2D eigenvalue weighted by Gasteiger charge is -2.22. The maximum atomic E-state index is 8.82. The minimum Gasteiger partial charge on any atom is -0.370 e. The summed E-state index contributed by atoms with van der Waals surface area (Å²) < 4.78 is 7.91. The van der Waals surface area contributed by atoms with Crippen LogP contribution in [0, 0.1) is 11.3 Å². The summed E-state index contributed by atoms with van der Waals surface area (Å²) in [6, 6.07) is 8.11. The van der Waals surface area contributed by atoms with Crippen LogP contribution in [-0.2, 0) is 4.74 Å². The number of hydrogen-bond acceptors (Lipinski definition) is 5. The summed E-state index contributed by atoms with van der Waals surface area (Å²) in [6.45, 7) is 4.92. The van der Waals surface area contributed by atoms with Gasteiger partial charge in [0.2, 0.25) is 0 Å². The Bertz CT molecular complexity index is 671. The van der Waals surface area contributed by atoms with Crippen molar-refractivity contribution in [3.05, 3.63) is 41.9 Å². The Labute approximate surface area is 129 Å². The van der Waals surface area contributed by atoms with Crippen molar-refractivity contribution in [2.75, 3.05) is 11.9 Å². The van der Waals surface area contributed by atoms with Gasteiger partial charge in [0.1, 0.15) is 18.0 Å². The number of nitriles is 1. The topological polar surface area (TPSA) is 75.8 Å². The van der Waals surface area contributed by atoms with Crippen molar-refractivity contribution in [1.29, 1.82) is 5.26 Å². The van der Waals surface area contributed by atoms with Gasteiger partial charge in [0.05, 0.1) is 17.3 Å². The first-order valence-corrected chi connectivity index (χ1v) is 7.46. The second-order valence-electron chi connectivity index (χ2n) is 5.67. The highest BCUT2D eigenvalue weighted by Gasteiger charge is 2.32. The van der Waals surface area contributed by atoms with Crippen LogP contribution < -0.4 is 5.32 Å². The summed E-state index contributed by atoms with van der Waals surface area (Å²) in [4.78, 5) is 4.27. The molecule has 0 radical (unpaired) electrons. The Morgan fingerprint density at radius 1 is 1.41 bits per heavy atom. The fourth-order valence-electron chi connectivity index (χ4n) is 2.75. The summed E-state index contributed by atoms with van der Waals surface area (Å²) in [7, 11) is 0. The Balaban J connectivity index is 1.78. The Hall–Kier alpha value is -2.39. The van der Waals surface area contributed by atoms with Crippen LogP contribution in [0.15, 0.2) is 30.6 Å². The Morgan fingerprint density at radius 2 is 2.27 bits per heavy atom. The van der Waals surface area contributed by atoms with Crippen LogP contribution in [0.25, 0.3) is 0 Å². The van der Waals surface area contributed by atoms with Crippen LogP contribution in [0.3, 0.4) is 0 Å². The van der Waals surface area contributed by atoms with Gasteiger partial charge in [-0.2, -0.15) is 10.4 Å². The van der Waals surface area contributed by atoms with Gasteiger partial charge in [-0.1, -0.05) is 0 Å². The van der Waals surface area contributed by atoms with E-state index in [0.717, 1.165) is 17.9 Å². The summed E-state index contributed by atoms with van der Waals surface area (Å²) >= 11 is 0. The van der Waals surface area contributed by atoms with E-state index in [2.05, 4.69) is 35.3 Å². The maximum absolute atomic E-state index is 8.82. The molecule has 0 amide bonds. The smallest absolute Gasteiger partial charge is 0.126 e. The van der Waals surface area contributed by atoms with Crippen molar-refractivity contribution < 1.29 is 4.74 Å². The van der Waals surface area contributed by atoms with Gasteiger partial charge in [0.25, 0.3) is 0 Å². The zero-order valence-electron chi connectivity index (χ0n) is 12.7. The Kier molecular flexibility index (Phi) is 4.07. The first-order valence-electron chi connectivity index (χ1n) is 7.46. The standard InChI is InChI=1S/C16H19N5O/c1-11(2)21-14(5-7-19-21)16-13(6-8-22-16)20-15-4-3-12(9-17)10-18-15/h3-5,7,10-11,13,16H,6,8H2,1-2H3,(H,18,20)/t13-,16-/m0/s1. The predicted molar refractivity (Wildman–Crippen MR) is 82.3 cm³/mol. The molecule has 2 atom stereocenters. The molecule has 6 nitrogen and oxygen atoms in total. The zero-order chi connectivity index (χ0) is 15.5. The molecule has 114 valence electrons. The molecule has 1 fully saturated rings. The van der Waals surface area contributed by atoms with Crippen LogP contribution in [0.5, 0.6) is 0 Å². The molecule has 1 saturated heterocycles. The molecule has 0 spiro atoms. The van der Waals surface area contributed by atoms with E-state index in [-0.39, 0.29) is 12.1 Å². The lowest BCUT2D eigenvalue weighted by Crippen LogP contribution is -2.26. The number of pyridine rings is 1. The summed E-state index contributed by atoms with van der Waals surface area (Å²) in [5, 5.41) is 16.6. The van der Waals surface area contributed by atoms with Crippen LogP contribution in [0.1, 0.15) is 43.7 Å². The molecule has 1 N–H and O–H groups in total. The van der Waals surface area contributed by atoms with E-state index in [1.165, 1.54) is 0 Å². The van der Waals surface area contributed by atoms with Crippen molar-refractivity contribution in [3.8, 4) is 6.07 Å². The number of nitrogens with zero attached hydrogens (tertiary/aromatic N) is 4. The minimum absolute atomic E-state index is 0.0395. The monoisotopic (exact) mass is 297 g/mol. The molecule has 2 aromatic heterocycles. The molecule has 0 unspecified atom stereocenters. The Morgan fingerprint density at radius 3 is 2.95 bits per heavy atom. The van der Waals surface area contributed by atoms with Gasteiger partial charge in [0, 0.05) is 25.0 Å². The second kappa shape index (κ2) is 6.16. The van der Waals surface area contributed by atoms with Crippen LogP contribution >= 0.6 is 0 Å². The summed E-state index contributed by atoms with van der Waals surface area (Å²) in [5.74, 6) is 0.759. The maximum Gasteiger partial charge on any atom is 0.126 e. The molecule has 1 aliphatic heterocycles. The summed E-state index contributed by atoms with van der Waals surface area (Å²) in [5.41, 5.74) is 1.64. The predicted octanol–water partition coefficient (Wildman–Crippen LogP) is 2.67. The van der Waals surface area contributed by atoms with E-state index < -0.39 is 0 Å². The summed E-state index contributed by atoms with van der Waals surface area (Å²) in [6.07, 6.45) is 4.26. The van der Waals surface area contributed by atoms with Crippen molar-refractivity contribution in [3.63, 3.8) is 0 Å². The number of anilines is 1. The van der Waals surface area contributed by atoms with Crippen molar-refractivity contribution in [2.45, 2.75) is 38.5 Å². The van der Waals surface area contributed by atoms with E-state index in [9.17, 15) is 0 Å². The number of ether oxygens (including phenoxy) is 1. The molecule has 0 bridgehead atoms. The molecule has 0 aromatic carbocycles. The highest BCUT2D eigenvalue weighted by Crippen LogP contribution is 2.32. The fourth-order valence-corrected chi connectivity index (χ4v) is 2.75. The number of hydrogen-bond donors (Lipinski definition) is 1. The van der Waals surface area contributed by atoms with E-state index >= 15 is 0 Å². The average Bonchev–Trinajstić information content (AvgIpc) is 3.16. The molecule has 1 aliphatic rings. The quantitative estimate of drug-likeness (QED) is 0.939. The molecule has 6 heteroatoms. The molecule has 3 rings (SSSR count). The van der Waals surface area contributed by atoms with E-state index in [1.807, 2.05) is 23.0 Å². The van der Waals surface area contributed by atoms with Gasteiger partial charge in [0.15, 0.2) is 0 Å². The van der Waals surface area contributed by atoms with Crippen LogP contribution in [0.2, 0.25) is 0 Å². The zero-order valence-corrected chi connectivity index (χ0v) is 12.7. The molecular weight excluding hydrogens is 278 g/mol. The van der Waals surface area contributed by atoms with Gasteiger partial charge in [-0.05, 0) is 38.5 Å². The number of nitrogens with one attached hydrogen (secondary N) is 1. The minimum atomic E-state index is -0.0395. The molecule has 2 aromatic rings. The third-order valence-electron chi connectivity index (χ3n) is 3.80. The molecule has 22 heavy (non-hydrogen) atoms. The second-order valence-corrected chi connectivity index (χ2v) is 5.67. The van der Waals surface area contributed by atoms with E-state index in [0.29, 0.717) is 18.2 Å². The molecule has 0 saturated carbocycles. The normalized spacial score (nSPS) is 21.0. The van der Waals surface area contributed by atoms with E-state index in [4.69, 9.17) is 10.00 Å². The largest absolute Gasteiger partial charge is 0.370 e. The van der Waals surface area contributed by atoms with Crippen LogP contribution in [-0.4, -0.2) is 27.4 Å². The average molecular weight is 297 g/mol. The van der Waals surface area contributed by atoms with E-state index in [1.54, 1.807) is 12.3 Å². The third-order valence-corrected chi connectivity index (χ3v) is 3.80. The molecule has 0 aliphatic carbocycles. The van der Waals surface area contributed by atoms with Crippen molar-refractivity contribution in [2.24, 2.45) is 0 Å². The first-order chi connectivity index (χ1) is 10.7. The third kappa shape index (κ3) is 2.81. The molecular formula is C16H19N5O. The first kappa shape index (κ1) is 14.5. The highest BCUT2D eigenvalue weighted by molar-refractivity contribution is 5.40. The highest BCUT2D eigenvalue weighted by atomic mass is 16.5. The van der Waals surface area contributed by atoms with Crippen LogP contribution in [0.4, 0.5) is 5.82 Å². The van der Waals surface area contributed by atoms with Gasteiger partial charge in [-0.25, -0.2) is 4.98 Å². The van der Waals surface area contributed by atoms with Gasteiger partial charge in [-0.3, -0.25) is 4.68 Å². The fraction of sp³-hybridized carbons (Fsp3) is 0.438. The lowest BCUT2D eigenvalue weighted by atomic mass is 10.1. The van der Waals surface area contributed by atoms with Gasteiger partial charge < -0.3 is 10.1 Å². The van der Waals surface area contributed by atoms with Gasteiger partial charge in [-0.15, -0.1) is 0 Å². The van der Waals surface area contributed by atoms with Gasteiger partial charge >= 0.3 is 0 Å². The van der Waals surface area contributed by atoms with Crippen molar-refractivity contribution in [1.82, 2.24) is 14.8 Å². The van der Waals surface area contributed by atoms with Crippen molar-refractivity contribution >= 4 is 5.82 Å².